The van der Waals surface area contributed by atoms with E-state index in [2.05, 4.69) is 30.5 Å². The Labute approximate surface area is 263 Å². The summed E-state index contributed by atoms with van der Waals surface area (Å²) < 4.78 is 66.7. The summed E-state index contributed by atoms with van der Waals surface area (Å²) in [6, 6.07) is 14.9. The fourth-order valence-corrected chi connectivity index (χ4v) is 6.11. The minimum absolute atomic E-state index is 0.145. The van der Waals surface area contributed by atoms with Gasteiger partial charge in [0, 0.05) is 24.7 Å². The zero-order valence-corrected chi connectivity index (χ0v) is 25.2. The maximum Gasteiger partial charge on any atom is 0.272 e. The van der Waals surface area contributed by atoms with Crippen molar-refractivity contribution in [2.45, 2.75) is 43.8 Å². The van der Waals surface area contributed by atoms with Crippen LogP contribution in [0.1, 0.15) is 35.2 Å². The van der Waals surface area contributed by atoms with Gasteiger partial charge in [-0.1, -0.05) is 12.1 Å². The van der Waals surface area contributed by atoms with Crippen LogP contribution in [0.3, 0.4) is 0 Å². The second-order valence-corrected chi connectivity index (χ2v) is 11.6. The molecule has 2 aromatic heterocycles. The molecule has 2 aliphatic rings. The molecule has 0 spiro atoms. The van der Waals surface area contributed by atoms with Gasteiger partial charge in [0.25, 0.3) is 18.3 Å². The summed E-state index contributed by atoms with van der Waals surface area (Å²) in [5, 5.41) is 5.93. The van der Waals surface area contributed by atoms with Crippen LogP contribution >= 0.6 is 0 Å². The van der Waals surface area contributed by atoms with Crippen molar-refractivity contribution in [3.8, 4) is 34.1 Å². The first-order valence-electron chi connectivity index (χ1n) is 14.8. The van der Waals surface area contributed by atoms with E-state index in [1.54, 1.807) is 31.4 Å². The molecule has 2 unspecified atom stereocenters. The lowest BCUT2D eigenvalue weighted by atomic mass is 9.97. The van der Waals surface area contributed by atoms with E-state index in [1.807, 2.05) is 19.2 Å². The van der Waals surface area contributed by atoms with Gasteiger partial charge in [0.05, 0.1) is 30.1 Å². The van der Waals surface area contributed by atoms with Crippen LogP contribution in [0.5, 0.6) is 11.5 Å². The van der Waals surface area contributed by atoms with E-state index >= 15 is 8.78 Å². The Morgan fingerprint density at radius 3 is 2.43 bits per heavy atom. The Balaban J connectivity index is 1.31. The number of likely N-dealkylation sites (tertiary alicyclic amines) is 1. The number of anilines is 1. The smallest absolute Gasteiger partial charge is 0.272 e. The van der Waals surface area contributed by atoms with Crippen LogP contribution < -0.4 is 20.1 Å². The number of halogens is 4. The number of nitrogens with zero attached hydrogens (tertiary/aromatic N) is 4. The third-order valence-electron chi connectivity index (χ3n) is 8.46. The predicted molar refractivity (Wildman–Crippen MR) is 163 cm³/mol. The number of methoxy groups -OCH3 is 1. The number of carbonyl (C=O) groups excluding carboxylic acids is 1. The quantitative estimate of drug-likeness (QED) is 0.202. The number of rotatable bonds is 11. The van der Waals surface area contributed by atoms with E-state index in [0.717, 1.165) is 24.8 Å². The molecule has 1 amide bonds. The minimum atomic E-state index is -2.64. The number of amides is 1. The van der Waals surface area contributed by atoms with Crippen LogP contribution in [0, 0.1) is 11.8 Å². The second-order valence-electron chi connectivity index (χ2n) is 11.6. The molecule has 9 nitrogen and oxygen atoms in total. The average molecular weight is 637 g/mol. The molecule has 2 aromatic carbocycles. The summed E-state index contributed by atoms with van der Waals surface area (Å²) in [4.78, 5) is 28.3. The Bertz CT molecular complexity index is 1720. The zero-order valence-electron chi connectivity index (χ0n) is 25.2. The Morgan fingerprint density at radius 1 is 1.07 bits per heavy atom. The van der Waals surface area contributed by atoms with Gasteiger partial charge in [-0.15, -0.1) is 0 Å². The molecule has 2 fully saturated rings. The standard InChI is InChI=1S/C33H32F4N6O3/c1-43-18-33(12-11-21(43)14-33)42-32(44)24-13-25(20-5-9-23(10-6-20)46-17-27(34)35)40-29(28(24)36)26-16-39-31(30(37)41-26)38-15-19-3-7-22(45-2)8-4-19/h3-10,13,16,21,27H,11-12,14-15,17-18H2,1-2H3,(H,38,39)(H,42,44). The fourth-order valence-electron chi connectivity index (χ4n) is 6.11. The first-order valence-corrected chi connectivity index (χ1v) is 14.8. The van der Waals surface area contributed by atoms with Crippen LogP contribution in [0.15, 0.2) is 60.8 Å². The van der Waals surface area contributed by atoms with E-state index in [0.29, 0.717) is 23.9 Å². The molecule has 13 heteroatoms. The van der Waals surface area contributed by atoms with Crippen molar-refractivity contribution in [1.29, 1.82) is 0 Å². The van der Waals surface area contributed by atoms with Gasteiger partial charge in [-0.2, -0.15) is 4.39 Å². The summed E-state index contributed by atoms with van der Waals surface area (Å²) in [7, 11) is 3.56. The van der Waals surface area contributed by atoms with Crippen LogP contribution in [0.2, 0.25) is 0 Å². The summed E-state index contributed by atoms with van der Waals surface area (Å²) in [5.41, 5.74) is 0.154. The van der Waals surface area contributed by atoms with Gasteiger partial charge in [0.1, 0.15) is 29.5 Å². The number of likely N-dealkylation sites (N-methyl/N-ethyl adjacent to an activating group) is 1. The summed E-state index contributed by atoms with van der Waals surface area (Å²) >= 11 is 0. The molecular formula is C33H32F4N6O3. The number of piperidine rings is 1. The molecule has 2 atom stereocenters. The van der Waals surface area contributed by atoms with Crippen LogP contribution in [-0.4, -0.2) is 71.1 Å². The van der Waals surface area contributed by atoms with Gasteiger partial charge >= 0.3 is 0 Å². The van der Waals surface area contributed by atoms with E-state index < -0.39 is 36.2 Å². The van der Waals surface area contributed by atoms with Gasteiger partial charge < -0.3 is 25.0 Å². The highest BCUT2D eigenvalue weighted by Gasteiger charge is 2.49. The summed E-state index contributed by atoms with van der Waals surface area (Å²) in [6.07, 6.45) is 1.02. The lowest BCUT2D eigenvalue weighted by Gasteiger charge is -2.31. The third kappa shape index (κ3) is 6.59. The van der Waals surface area contributed by atoms with Crippen LogP contribution in [0.4, 0.5) is 23.4 Å². The Kier molecular flexibility index (Phi) is 8.76. The lowest BCUT2D eigenvalue weighted by Crippen LogP contribution is -2.50. The van der Waals surface area contributed by atoms with Crippen molar-refractivity contribution >= 4 is 11.7 Å². The number of benzene rings is 2. The maximum absolute atomic E-state index is 16.2. The van der Waals surface area contributed by atoms with E-state index in [9.17, 15) is 13.6 Å². The van der Waals surface area contributed by atoms with Crippen molar-refractivity contribution in [3.63, 3.8) is 0 Å². The molecule has 3 heterocycles. The molecule has 1 aliphatic carbocycles. The Hall–Kier alpha value is -4.78. The fraction of sp³-hybridized carbons (Fsp3) is 0.333. The number of alkyl halides is 2. The molecule has 1 saturated heterocycles. The Morgan fingerprint density at radius 2 is 1.80 bits per heavy atom. The van der Waals surface area contributed by atoms with Gasteiger partial charge in [0.2, 0.25) is 0 Å². The largest absolute Gasteiger partial charge is 0.497 e. The highest BCUT2D eigenvalue weighted by atomic mass is 19.3. The van der Waals surface area contributed by atoms with Gasteiger partial charge in [-0.05, 0) is 74.3 Å². The highest BCUT2D eigenvalue weighted by molar-refractivity contribution is 5.97. The van der Waals surface area contributed by atoms with Gasteiger partial charge in [-0.3, -0.25) is 4.79 Å². The van der Waals surface area contributed by atoms with Crippen molar-refractivity contribution in [1.82, 2.24) is 25.2 Å². The molecule has 1 saturated carbocycles. The number of hydrogen-bond donors (Lipinski definition) is 2. The normalized spacial score (nSPS) is 19.0. The number of ether oxygens (including phenoxy) is 2. The maximum atomic E-state index is 16.2. The average Bonchev–Trinajstić information content (AvgIpc) is 3.60. The van der Waals surface area contributed by atoms with Crippen LogP contribution in [-0.2, 0) is 6.54 Å². The van der Waals surface area contributed by atoms with Gasteiger partial charge in [-0.25, -0.2) is 28.1 Å². The number of nitrogens with one attached hydrogen (secondary N) is 2. The van der Waals surface area contributed by atoms with Gasteiger partial charge in [0.15, 0.2) is 11.6 Å². The predicted octanol–water partition coefficient (Wildman–Crippen LogP) is 5.71. The number of aromatic nitrogens is 3. The number of hydrogen-bond acceptors (Lipinski definition) is 8. The molecule has 2 bridgehead atoms. The summed E-state index contributed by atoms with van der Waals surface area (Å²) in [6.45, 7) is 0.128. The SMILES string of the molecule is COc1ccc(CNc2ncc(-c3nc(-c4ccc(OCC(F)F)cc4)cc(C(=O)NC45CCC(C4)N(C)C5)c3F)nc2F)cc1. The van der Waals surface area contributed by atoms with E-state index in [-0.39, 0.29) is 40.8 Å². The number of carbonyl (C=O) groups is 1. The van der Waals surface area contributed by atoms with Crippen molar-refractivity contribution < 1.29 is 31.8 Å². The molecule has 4 aromatic rings. The highest BCUT2D eigenvalue weighted by Crippen LogP contribution is 2.40. The first-order chi connectivity index (χ1) is 22.1. The van der Waals surface area contributed by atoms with Crippen molar-refractivity contribution in [2.24, 2.45) is 0 Å². The van der Waals surface area contributed by atoms with E-state index in [1.165, 1.54) is 24.4 Å². The molecule has 46 heavy (non-hydrogen) atoms. The molecule has 0 radical (unpaired) electrons. The molecule has 6 rings (SSSR count). The topological polar surface area (TPSA) is 102 Å². The lowest BCUT2D eigenvalue weighted by molar-refractivity contribution is 0.0819. The second kappa shape index (κ2) is 12.9. The zero-order chi connectivity index (χ0) is 32.4. The third-order valence-corrected chi connectivity index (χ3v) is 8.46. The van der Waals surface area contributed by atoms with Crippen molar-refractivity contribution in [2.75, 3.05) is 32.6 Å². The monoisotopic (exact) mass is 636 g/mol. The summed E-state index contributed by atoms with van der Waals surface area (Å²) in [5.74, 6) is -1.83. The number of pyridine rings is 1. The molecule has 240 valence electrons. The molecule has 1 aliphatic heterocycles. The van der Waals surface area contributed by atoms with Crippen LogP contribution in [0.25, 0.3) is 22.6 Å². The van der Waals surface area contributed by atoms with Crippen molar-refractivity contribution in [3.05, 3.63) is 83.7 Å². The van der Waals surface area contributed by atoms with E-state index in [4.69, 9.17) is 9.47 Å². The molecule has 2 N–H and O–H groups in total. The first kappa shape index (κ1) is 31.2. The minimum Gasteiger partial charge on any atom is -0.497 e. The number of fused-ring (bicyclic) bond motifs is 2. The molecular weight excluding hydrogens is 604 g/mol.